The zero-order valence-electron chi connectivity index (χ0n) is 21.0. The quantitative estimate of drug-likeness (QED) is 0.529. The Morgan fingerprint density at radius 1 is 1.23 bits per heavy atom. The predicted octanol–water partition coefficient (Wildman–Crippen LogP) is 4.63. The van der Waals surface area contributed by atoms with Gasteiger partial charge in [-0.15, -0.1) is 5.10 Å². The van der Waals surface area contributed by atoms with Gasteiger partial charge in [-0.25, -0.2) is 14.5 Å². The molecular weight excluding hydrogens is 444 g/mol. The number of amides is 1. The summed E-state index contributed by atoms with van der Waals surface area (Å²) >= 11 is 0. The van der Waals surface area contributed by atoms with Gasteiger partial charge in [0.2, 0.25) is 0 Å². The van der Waals surface area contributed by atoms with Crippen molar-refractivity contribution in [2.75, 3.05) is 19.7 Å². The molecule has 0 N–H and O–H groups in total. The van der Waals surface area contributed by atoms with Crippen LogP contribution in [0.2, 0.25) is 0 Å². The number of aryl methyl sites for hydroxylation is 2. The van der Waals surface area contributed by atoms with Crippen LogP contribution < -0.4 is 4.74 Å². The number of pyridine rings is 1. The molecule has 4 rings (SSSR count). The Morgan fingerprint density at radius 3 is 2.63 bits per heavy atom. The molecule has 0 bridgehead atoms. The van der Waals surface area contributed by atoms with E-state index >= 15 is 0 Å². The summed E-state index contributed by atoms with van der Waals surface area (Å²) in [7, 11) is 1.80. The molecule has 0 atom stereocenters. The van der Waals surface area contributed by atoms with Gasteiger partial charge in [-0.05, 0) is 82.7 Å². The van der Waals surface area contributed by atoms with Gasteiger partial charge < -0.3 is 14.4 Å². The molecule has 0 saturated carbocycles. The van der Waals surface area contributed by atoms with Gasteiger partial charge in [0.1, 0.15) is 22.9 Å². The van der Waals surface area contributed by atoms with E-state index in [1.807, 2.05) is 52.0 Å². The lowest BCUT2D eigenvalue weighted by Crippen LogP contribution is -2.41. The summed E-state index contributed by atoms with van der Waals surface area (Å²) in [6.07, 6.45) is 2.64. The zero-order chi connectivity index (χ0) is 25.2. The molecule has 3 heterocycles. The van der Waals surface area contributed by atoms with Crippen molar-refractivity contribution in [2.45, 2.75) is 52.6 Å². The Labute approximate surface area is 205 Å². The highest BCUT2D eigenvalue weighted by Crippen LogP contribution is 2.29. The van der Waals surface area contributed by atoms with Crippen LogP contribution in [0.4, 0.5) is 4.79 Å². The summed E-state index contributed by atoms with van der Waals surface area (Å²) in [4.78, 5) is 18.5. The molecule has 0 spiro atoms. The van der Waals surface area contributed by atoms with Crippen molar-refractivity contribution in [3.63, 3.8) is 0 Å². The Hall–Kier alpha value is -3.67. The molecule has 0 radical (unpaired) electrons. The summed E-state index contributed by atoms with van der Waals surface area (Å²) in [6, 6.07) is 9.95. The molecule has 2 aromatic heterocycles. The van der Waals surface area contributed by atoms with Crippen LogP contribution in [-0.4, -0.2) is 56.3 Å². The first-order chi connectivity index (χ1) is 16.6. The molecule has 1 fully saturated rings. The lowest BCUT2D eigenvalue weighted by atomic mass is 9.94. The Kier molecular flexibility index (Phi) is 6.92. The van der Waals surface area contributed by atoms with E-state index in [9.17, 15) is 10.1 Å². The smallest absolute Gasteiger partial charge is 0.410 e. The van der Waals surface area contributed by atoms with Gasteiger partial charge in [0.25, 0.3) is 0 Å². The van der Waals surface area contributed by atoms with Crippen LogP contribution in [0, 0.1) is 24.2 Å². The molecule has 0 aliphatic carbocycles. The molecule has 0 unspecified atom stereocenters. The molecule has 1 aliphatic rings. The summed E-state index contributed by atoms with van der Waals surface area (Å²) in [5.74, 6) is 1.37. The SMILES string of the molecule is Cc1cc(-c2cc3c(nnn3C)c(C#N)n2)ccc1OCCC1CCN(C(=O)OC(C)(C)C)CC1. The predicted molar refractivity (Wildman–Crippen MR) is 132 cm³/mol. The maximum atomic E-state index is 12.2. The standard InChI is InChI=1S/C26H32N6O3/c1-17-14-19(20-15-22-24(21(16-27)28-20)29-30-31(22)5)6-7-23(17)34-13-10-18-8-11-32(12-9-18)25(33)35-26(2,3)4/h6-7,14-15,18H,8-13H2,1-5H3. The molecule has 9 heteroatoms. The van der Waals surface area contributed by atoms with Crippen LogP contribution in [0.1, 0.15) is 51.3 Å². The number of fused-ring (bicyclic) bond motifs is 1. The molecule has 1 aromatic carbocycles. The van der Waals surface area contributed by atoms with Crippen LogP contribution in [-0.2, 0) is 11.8 Å². The van der Waals surface area contributed by atoms with E-state index in [1.165, 1.54) is 0 Å². The average Bonchev–Trinajstić information content (AvgIpc) is 3.19. The molecule has 184 valence electrons. The van der Waals surface area contributed by atoms with Crippen molar-refractivity contribution in [3.8, 4) is 23.1 Å². The fourth-order valence-corrected chi connectivity index (χ4v) is 4.29. The zero-order valence-corrected chi connectivity index (χ0v) is 21.0. The summed E-state index contributed by atoms with van der Waals surface area (Å²) in [5, 5.41) is 17.5. The summed E-state index contributed by atoms with van der Waals surface area (Å²) < 4.78 is 13.2. The van der Waals surface area contributed by atoms with Crippen LogP contribution in [0.15, 0.2) is 24.3 Å². The fourth-order valence-electron chi connectivity index (χ4n) is 4.29. The maximum Gasteiger partial charge on any atom is 0.410 e. The van der Waals surface area contributed by atoms with Crippen molar-refractivity contribution < 1.29 is 14.3 Å². The van der Waals surface area contributed by atoms with Crippen molar-refractivity contribution in [3.05, 3.63) is 35.5 Å². The Morgan fingerprint density at radius 2 is 1.97 bits per heavy atom. The van der Waals surface area contributed by atoms with Gasteiger partial charge in [-0.3, -0.25) is 0 Å². The number of likely N-dealkylation sites (tertiary alicyclic amines) is 1. The van der Waals surface area contributed by atoms with E-state index in [0.717, 1.165) is 54.7 Å². The van der Waals surface area contributed by atoms with Gasteiger partial charge >= 0.3 is 6.09 Å². The number of aromatic nitrogens is 4. The van der Waals surface area contributed by atoms with Gasteiger partial charge in [0, 0.05) is 25.7 Å². The molecule has 35 heavy (non-hydrogen) atoms. The van der Waals surface area contributed by atoms with E-state index in [2.05, 4.69) is 21.4 Å². The monoisotopic (exact) mass is 476 g/mol. The van der Waals surface area contributed by atoms with Crippen molar-refractivity contribution in [2.24, 2.45) is 13.0 Å². The van der Waals surface area contributed by atoms with Gasteiger partial charge in [0.05, 0.1) is 17.8 Å². The first kappa shape index (κ1) is 24.5. The molecule has 1 saturated heterocycles. The average molecular weight is 477 g/mol. The normalized spacial score (nSPS) is 14.7. The number of nitrogens with zero attached hydrogens (tertiary/aromatic N) is 6. The first-order valence-corrected chi connectivity index (χ1v) is 12.0. The molecule has 1 amide bonds. The third-order valence-electron chi connectivity index (χ3n) is 6.23. The summed E-state index contributed by atoms with van der Waals surface area (Å²) in [5.41, 5.74) is 3.68. The number of hydrogen-bond acceptors (Lipinski definition) is 7. The molecular formula is C26H32N6O3. The highest BCUT2D eigenvalue weighted by molar-refractivity contribution is 5.83. The van der Waals surface area contributed by atoms with Crippen LogP contribution in [0.3, 0.4) is 0 Å². The molecule has 3 aromatic rings. The second kappa shape index (κ2) is 9.90. The number of nitriles is 1. The van der Waals surface area contributed by atoms with Crippen molar-refractivity contribution in [1.82, 2.24) is 24.9 Å². The Balaban J connectivity index is 1.33. The lowest BCUT2D eigenvalue weighted by Gasteiger charge is -2.33. The third kappa shape index (κ3) is 5.70. The Bertz CT molecular complexity index is 1260. The fraction of sp³-hybridized carbons (Fsp3) is 0.500. The van der Waals surface area contributed by atoms with Crippen molar-refractivity contribution >= 4 is 17.1 Å². The third-order valence-corrected chi connectivity index (χ3v) is 6.23. The van der Waals surface area contributed by atoms with Gasteiger partial charge in [-0.2, -0.15) is 5.26 Å². The van der Waals surface area contributed by atoms with Gasteiger partial charge in [0.15, 0.2) is 5.69 Å². The number of carbonyl (C=O) groups is 1. The molecule has 1 aliphatic heterocycles. The van der Waals surface area contributed by atoms with E-state index in [1.54, 1.807) is 16.6 Å². The van der Waals surface area contributed by atoms with Crippen molar-refractivity contribution in [1.29, 1.82) is 5.26 Å². The lowest BCUT2D eigenvalue weighted by molar-refractivity contribution is 0.0177. The number of benzene rings is 1. The number of carbonyl (C=O) groups excluding carboxylic acids is 1. The largest absolute Gasteiger partial charge is 0.493 e. The minimum atomic E-state index is -0.467. The first-order valence-electron chi connectivity index (χ1n) is 12.0. The van der Waals surface area contributed by atoms with Gasteiger partial charge in [-0.1, -0.05) is 5.21 Å². The number of piperidine rings is 1. The minimum absolute atomic E-state index is 0.224. The van der Waals surface area contributed by atoms with Crippen LogP contribution in [0.25, 0.3) is 22.3 Å². The van der Waals surface area contributed by atoms with E-state index in [-0.39, 0.29) is 11.8 Å². The number of hydrogen-bond donors (Lipinski definition) is 0. The second-order valence-corrected chi connectivity index (χ2v) is 10.1. The topological polar surface area (TPSA) is 106 Å². The van der Waals surface area contributed by atoms with E-state index in [4.69, 9.17) is 9.47 Å². The summed E-state index contributed by atoms with van der Waals surface area (Å²) in [6.45, 7) is 9.75. The minimum Gasteiger partial charge on any atom is -0.493 e. The maximum absolute atomic E-state index is 12.2. The number of ether oxygens (including phenoxy) is 2. The van der Waals surface area contributed by atoms with Crippen LogP contribution in [0.5, 0.6) is 5.75 Å². The number of rotatable bonds is 5. The molecule has 9 nitrogen and oxygen atoms in total. The highest BCUT2D eigenvalue weighted by atomic mass is 16.6. The second-order valence-electron chi connectivity index (χ2n) is 10.1. The van der Waals surface area contributed by atoms with E-state index < -0.39 is 5.60 Å². The van der Waals surface area contributed by atoms with E-state index in [0.29, 0.717) is 23.7 Å². The highest BCUT2D eigenvalue weighted by Gasteiger charge is 2.26. The van der Waals surface area contributed by atoms with Crippen LogP contribution >= 0.6 is 0 Å².